The molecule has 0 unspecified atom stereocenters. The lowest BCUT2D eigenvalue weighted by Crippen LogP contribution is -2.38. The second kappa shape index (κ2) is 4.12. The molecule has 2 nitrogen and oxygen atoms in total. The topological polar surface area (TPSA) is 18.5 Å². The third-order valence-electron chi connectivity index (χ3n) is 2.70. The lowest BCUT2D eigenvalue weighted by atomic mass is 10.1. The fourth-order valence-electron chi connectivity index (χ4n) is 1.80. The summed E-state index contributed by atoms with van der Waals surface area (Å²) >= 11 is 5.84. The molecule has 15 heavy (non-hydrogen) atoms. The first-order valence-corrected chi connectivity index (χ1v) is 5.56. The van der Waals surface area contributed by atoms with Crippen molar-refractivity contribution >= 4 is 11.6 Å². The lowest BCUT2D eigenvalue weighted by Gasteiger charge is -2.37. The minimum absolute atomic E-state index is 0.236. The Morgan fingerprint density at radius 1 is 1.33 bits per heavy atom. The number of benzene rings is 1. The van der Waals surface area contributed by atoms with E-state index in [1.807, 2.05) is 31.2 Å². The molecule has 0 bridgehead atoms. The van der Waals surface area contributed by atoms with Gasteiger partial charge < -0.3 is 9.47 Å². The lowest BCUT2D eigenvalue weighted by molar-refractivity contribution is -0.288. The molecule has 0 amide bonds. The van der Waals surface area contributed by atoms with Crippen molar-refractivity contribution in [3.8, 4) is 0 Å². The minimum Gasteiger partial charge on any atom is -0.346 e. The maximum absolute atomic E-state index is 5.84. The first-order valence-electron chi connectivity index (χ1n) is 5.18. The largest absolute Gasteiger partial charge is 0.346 e. The summed E-state index contributed by atoms with van der Waals surface area (Å²) in [5, 5.41) is 0.728. The van der Waals surface area contributed by atoms with Gasteiger partial charge in [0.2, 0.25) is 0 Å². The van der Waals surface area contributed by atoms with Gasteiger partial charge in [-0.15, -0.1) is 0 Å². The Kier molecular flexibility index (Phi) is 3.01. The fraction of sp³-hybridized carbons (Fsp3) is 0.500. The van der Waals surface area contributed by atoms with Crippen LogP contribution in [0.25, 0.3) is 0 Å². The molecule has 1 aliphatic heterocycles. The van der Waals surface area contributed by atoms with Crippen LogP contribution in [0.2, 0.25) is 5.02 Å². The molecule has 2 atom stereocenters. The Morgan fingerprint density at radius 2 is 2.00 bits per heavy atom. The van der Waals surface area contributed by atoms with Gasteiger partial charge in [-0.1, -0.05) is 23.7 Å². The van der Waals surface area contributed by atoms with Gasteiger partial charge in [-0.25, -0.2) is 0 Å². The van der Waals surface area contributed by atoms with Crippen molar-refractivity contribution in [3.63, 3.8) is 0 Å². The zero-order chi connectivity index (χ0) is 10.9. The van der Waals surface area contributed by atoms with Gasteiger partial charge in [-0.3, -0.25) is 0 Å². The molecule has 1 aromatic carbocycles. The Balaban J connectivity index is 2.24. The first kappa shape index (κ1) is 10.9. The smallest absolute Gasteiger partial charge is 0.192 e. The Hall–Kier alpha value is -0.570. The maximum Gasteiger partial charge on any atom is 0.192 e. The highest BCUT2D eigenvalue weighted by molar-refractivity contribution is 6.30. The Bertz CT molecular complexity index is 336. The van der Waals surface area contributed by atoms with Gasteiger partial charge in [0.25, 0.3) is 0 Å². The number of hydrogen-bond donors (Lipinski definition) is 0. The van der Waals surface area contributed by atoms with Crippen LogP contribution >= 0.6 is 11.6 Å². The van der Waals surface area contributed by atoms with E-state index >= 15 is 0 Å². The molecule has 0 N–H and O–H groups in total. The van der Waals surface area contributed by atoms with Crippen molar-refractivity contribution in [2.75, 3.05) is 6.61 Å². The maximum atomic E-state index is 5.84. The number of hydrogen-bond acceptors (Lipinski definition) is 2. The van der Waals surface area contributed by atoms with E-state index in [0.29, 0.717) is 0 Å². The van der Waals surface area contributed by atoms with Crippen molar-refractivity contribution in [3.05, 3.63) is 34.9 Å². The third-order valence-corrected chi connectivity index (χ3v) is 2.95. The van der Waals surface area contributed by atoms with Crippen LogP contribution in [0.1, 0.15) is 25.8 Å². The van der Waals surface area contributed by atoms with E-state index in [0.717, 1.165) is 23.6 Å². The SMILES string of the molecule is C[C@@H]1CCO[C@](C)(c2ccc(Cl)cc2)O1. The normalized spacial score (nSPS) is 31.5. The van der Waals surface area contributed by atoms with Crippen molar-refractivity contribution in [1.29, 1.82) is 0 Å². The van der Waals surface area contributed by atoms with Crippen molar-refractivity contribution in [2.24, 2.45) is 0 Å². The minimum atomic E-state index is -0.623. The predicted octanol–water partition coefficient (Wildman–Crippen LogP) is 3.34. The average molecular weight is 227 g/mol. The van der Waals surface area contributed by atoms with Gasteiger partial charge in [0, 0.05) is 10.6 Å². The van der Waals surface area contributed by atoms with E-state index in [1.54, 1.807) is 0 Å². The summed E-state index contributed by atoms with van der Waals surface area (Å²) in [6.07, 6.45) is 1.18. The Morgan fingerprint density at radius 3 is 2.60 bits per heavy atom. The number of rotatable bonds is 1. The van der Waals surface area contributed by atoms with E-state index in [1.165, 1.54) is 0 Å². The van der Waals surface area contributed by atoms with Gasteiger partial charge in [-0.05, 0) is 32.4 Å². The van der Waals surface area contributed by atoms with Crippen molar-refractivity contribution in [1.82, 2.24) is 0 Å². The molecule has 0 saturated carbocycles. The number of ether oxygens (including phenoxy) is 2. The molecule has 1 saturated heterocycles. The van der Waals surface area contributed by atoms with Crippen LogP contribution in [0.5, 0.6) is 0 Å². The van der Waals surface area contributed by atoms with Gasteiger partial charge in [0.1, 0.15) is 0 Å². The van der Waals surface area contributed by atoms with Crippen molar-refractivity contribution in [2.45, 2.75) is 32.2 Å². The highest BCUT2D eigenvalue weighted by atomic mass is 35.5. The van der Waals surface area contributed by atoms with Crippen LogP contribution < -0.4 is 0 Å². The molecular formula is C12H15ClO2. The second-order valence-electron chi connectivity index (χ2n) is 4.02. The summed E-state index contributed by atoms with van der Waals surface area (Å²) in [5.41, 5.74) is 1.01. The van der Waals surface area contributed by atoms with Gasteiger partial charge in [0.15, 0.2) is 5.79 Å². The van der Waals surface area contributed by atoms with Crippen molar-refractivity contribution < 1.29 is 9.47 Å². The quantitative estimate of drug-likeness (QED) is 0.731. The predicted molar refractivity (Wildman–Crippen MR) is 59.9 cm³/mol. The van der Waals surface area contributed by atoms with Gasteiger partial charge in [0.05, 0.1) is 12.7 Å². The molecule has 0 radical (unpaired) electrons. The zero-order valence-corrected chi connectivity index (χ0v) is 9.75. The third kappa shape index (κ3) is 2.33. The molecular weight excluding hydrogens is 212 g/mol. The summed E-state index contributed by atoms with van der Waals surface area (Å²) in [4.78, 5) is 0. The van der Waals surface area contributed by atoms with Crippen LogP contribution in [0.3, 0.4) is 0 Å². The van der Waals surface area contributed by atoms with Crippen LogP contribution in [0.4, 0.5) is 0 Å². The summed E-state index contributed by atoms with van der Waals surface area (Å²) in [5.74, 6) is -0.623. The molecule has 0 spiro atoms. The van der Waals surface area contributed by atoms with E-state index < -0.39 is 5.79 Å². The van der Waals surface area contributed by atoms with Gasteiger partial charge in [-0.2, -0.15) is 0 Å². The summed E-state index contributed by atoms with van der Waals surface area (Å²) in [7, 11) is 0. The molecule has 1 heterocycles. The van der Waals surface area contributed by atoms with E-state index in [-0.39, 0.29) is 6.10 Å². The second-order valence-corrected chi connectivity index (χ2v) is 4.45. The highest BCUT2D eigenvalue weighted by Crippen LogP contribution is 2.33. The van der Waals surface area contributed by atoms with Crippen LogP contribution in [0.15, 0.2) is 24.3 Å². The zero-order valence-electron chi connectivity index (χ0n) is 9.00. The van der Waals surface area contributed by atoms with Crippen LogP contribution in [0, 0.1) is 0 Å². The standard InChI is InChI=1S/C12H15ClO2/c1-9-7-8-14-12(2,15-9)10-3-5-11(13)6-4-10/h3-6,9H,7-8H2,1-2H3/t9-,12+/m1/s1. The molecule has 82 valence electrons. The highest BCUT2D eigenvalue weighted by Gasteiger charge is 2.33. The van der Waals surface area contributed by atoms with E-state index in [9.17, 15) is 0 Å². The fourth-order valence-corrected chi connectivity index (χ4v) is 1.93. The van der Waals surface area contributed by atoms with E-state index in [2.05, 4.69) is 6.92 Å². The Labute approximate surface area is 95.1 Å². The number of halogens is 1. The molecule has 1 aliphatic rings. The molecule has 3 heteroatoms. The first-order chi connectivity index (χ1) is 7.10. The average Bonchev–Trinajstić information content (AvgIpc) is 2.18. The molecule has 1 aromatic rings. The molecule has 1 fully saturated rings. The van der Waals surface area contributed by atoms with Crippen LogP contribution in [-0.4, -0.2) is 12.7 Å². The van der Waals surface area contributed by atoms with E-state index in [4.69, 9.17) is 21.1 Å². The van der Waals surface area contributed by atoms with Crippen LogP contribution in [-0.2, 0) is 15.3 Å². The summed E-state index contributed by atoms with van der Waals surface area (Å²) in [6, 6.07) is 7.60. The summed E-state index contributed by atoms with van der Waals surface area (Å²) in [6.45, 7) is 4.75. The molecule has 0 aliphatic carbocycles. The summed E-state index contributed by atoms with van der Waals surface area (Å²) < 4.78 is 11.5. The molecule has 2 rings (SSSR count). The van der Waals surface area contributed by atoms with Gasteiger partial charge >= 0.3 is 0 Å². The monoisotopic (exact) mass is 226 g/mol. The molecule has 0 aromatic heterocycles.